The van der Waals surface area contributed by atoms with Gasteiger partial charge in [0.25, 0.3) is 10.2 Å². The van der Waals surface area contributed by atoms with Crippen molar-refractivity contribution in [2.24, 2.45) is 0 Å². The van der Waals surface area contributed by atoms with Crippen LogP contribution in [0, 0.1) is 20.2 Å². The normalized spacial score (nSPS) is 9.68. The maximum absolute atomic E-state index is 11.0. The van der Waals surface area contributed by atoms with E-state index in [-0.39, 0.29) is 45.9 Å². The smallest absolute Gasteiger partial charge is 0.332 e. The van der Waals surface area contributed by atoms with Crippen LogP contribution in [0.25, 0.3) is 0 Å². The molecule has 110 valence electrons. The quantitative estimate of drug-likeness (QED) is 0.205. The minimum atomic E-state index is -0.933. The summed E-state index contributed by atoms with van der Waals surface area (Å²) in [6, 6.07) is 0. The van der Waals surface area contributed by atoms with Gasteiger partial charge in [-0.25, -0.2) is 4.79 Å². The van der Waals surface area contributed by atoms with E-state index < -0.39 is 16.1 Å². The van der Waals surface area contributed by atoms with Crippen LogP contribution < -0.4 is 0 Å². The van der Waals surface area contributed by atoms with Crippen molar-refractivity contribution >= 4 is 5.97 Å². The first-order valence-corrected chi connectivity index (χ1v) is 5.30. The van der Waals surface area contributed by atoms with E-state index in [1.165, 1.54) is 0 Å². The monoisotopic (exact) mass is 282 g/mol. The first-order valence-electron chi connectivity index (χ1n) is 5.30. The molecule has 0 heterocycles. The topological polar surface area (TPSA) is 140 Å². The number of carbonyl (C=O) groups excluding carboxylic acids is 1. The van der Waals surface area contributed by atoms with Gasteiger partial charge in [-0.05, 0) is 6.42 Å². The Morgan fingerprint density at radius 3 is 1.95 bits per heavy atom. The van der Waals surface area contributed by atoms with Crippen molar-refractivity contribution in [2.75, 3.05) is 33.0 Å². The zero-order chi connectivity index (χ0) is 14.5. The lowest BCUT2D eigenvalue weighted by atomic mass is 10.5. The van der Waals surface area contributed by atoms with Gasteiger partial charge in [0, 0.05) is 13.0 Å². The number of esters is 1. The summed E-state index contributed by atoms with van der Waals surface area (Å²) in [7, 11) is 0. The third-order valence-electron chi connectivity index (χ3n) is 1.60. The van der Waals surface area contributed by atoms with Gasteiger partial charge < -0.3 is 19.1 Å². The third-order valence-corrected chi connectivity index (χ3v) is 1.60. The second-order valence-corrected chi connectivity index (χ2v) is 3.09. The van der Waals surface area contributed by atoms with Crippen LogP contribution in [-0.4, -0.2) is 49.2 Å². The Balaban J connectivity index is 3.26. The van der Waals surface area contributed by atoms with Gasteiger partial charge in [0.1, 0.15) is 6.61 Å². The highest BCUT2D eigenvalue weighted by Crippen LogP contribution is 1.90. The highest BCUT2D eigenvalue weighted by atomic mass is 17.0. The molecule has 0 radical (unpaired) electrons. The van der Waals surface area contributed by atoms with Crippen molar-refractivity contribution in [1.82, 2.24) is 0 Å². The Labute approximate surface area is 107 Å². The highest BCUT2D eigenvalue weighted by Gasteiger charge is 2.03. The Hall–Kier alpha value is -2.17. The summed E-state index contributed by atoms with van der Waals surface area (Å²) in [5.41, 5.74) is 0. The molecule has 0 bridgehead atoms. The van der Waals surface area contributed by atoms with Crippen LogP contribution in [0.15, 0.2) is 0 Å². The summed E-state index contributed by atoms with van der Waals surface area (Å²) in [5.74, 6) is -0.628. The highest BCUT2D eigenvalue weighted by molar-refractivity contribution is 5.70. The molecule has 0 aliphatic rings. The summed E-state index contributed by atoms with van der Waals surface area (Å²) in [5, 5.41) is 17.7. The molecule has 0 spiro atoms. The number of hydrogen-bond acceptors (Lipinski definition) is 9. The standard InChI is InChI=1S/C8H14N2O9/c11-8(17-4-2-6-19-10(14)15)7-16-3-1-5-18-9(12)13/h1-7H2. The van der Waals surface area contributed by atoms with Crippen molar-refractivity contribution in [1.29, 1.82) is 0 Å². The lowest BCUT2D eigenvalue weighted by Crippen LogP contribution is -2.16. The van der Waals surface area contributed by atoms with E-state index in [1.54, 1.807) is 0 Å². The van der Waals surface area contributed by atoms with Crippen LogP contribution >= 0.6 is 0 Å². The predicted molar refractivity (Wildman–Crippen MR) is 56.9 cm³/mol. The van der Waals surface area contributed by atoms with Crippen LogP contribution in [0.5, 0.6) is 0 Å². The molecule has 0 aliphatic carbocycles. The number of nitrogens with zero attached hydrogens (tertiary/aromatic N) is 2. The first kappa shape index (κ1) is 16.8. The molecular formula is C8H14N2O9. The van der Waals surface area contributed by atoms with E-state index in [0.717, 1.165) is 0 Å². The van der Waals surface area contributed by atoms with Gasteiger partial charge in [0.15, 0.2) is 0 Å². The van der Waals surface area contributed by atoms with Crippen molar-refractivity contribution in [3.63, 3.8) is 0 Å². The van der Waals surface area contributed by atoms with E-state index >= 15 is 0 Å². The molecule has 0 aromatic carbocycles. The van der Waals surface area contributed by atoms with Crippen molar-refractivity contribution in [2.45, 2.75) is 12.8 Å². The number of ether oxygens (including phenoxy) is 2. The van der Waals surface area contributed by atoms with Gasteiger partial charge in [0.05, 0.1) is 19.8 Å². The van der Waals surface area contributed by atoms with E-state index in [0.29, 0.717) is 0 Å². The maximum atomic E-state index is 11.0. The molecule has 0 unspecified atom stereocenters. The maximum Gasteiger partial charge on any atom is 0.332 e. The number of carbonyl (C=O) groups is 1. The first-order chi connectivity index (χ1) is 9.02. The van der Waals surface area contributed by atoms with E-state index in [1.807, 2.05) is 0 Å². The van der Waals surface area contributed by atoms with Crippen LogP contribution in [0.3, 0.4) is 0 Å². The molecule has 0 saturated carbocycles. The average Bonchev–Trinajstić information content (AvgIpc) is 2.32. The molecule has 11 heteroatoms. The fraction of sp³-hybridized carbons (Fsp3) is 0.875. The second-order valence-electron chi connectivity index (χ2n) is 3.09. The molecule has 0 aliphatic heterocycles. The molecule has 0 aromatic heterocycles. The van der Waals surface area contributed by atoms with Gasteiger partial charge in [0.2, 0.25) is 0 Å². The van der Waals surface area contributed by atoms with Gasteiger partial charge in [-0.2, -0.15) is 0 Å². The molecule has 0 rings (SSSR count). The minimum Gasteiger partial charge on any atom is -0.464 e. The Morgan fingerprint density at radius 1 is 0.895 bits per heavy atom. The predicted octanol–water partition coefficient (Wildman–Crippen LogP) is -0.257. The molecule has 11 nitrogen and oxygen atoms in total. The van der Waals surface area contributed by atoms with Crippen LogP contribution in [0.2, 0.25) is 0 Å². The summed E-state index contributed by atoms with van der Waals surface area (Å²) in [6.07, 6.45) is 0.467. The summed E-state index contributed by atoms with van der Waals surface area (Å²) >= 11 is 0. The van der Waals surface area contributed by atoms with E-state index in [4.69, 9.17) is 4.74 Å². The summed E-state index contributed by atoms with van der Waals surface area (Å²) in [4.78, 5) is 38.6. The fourth-order valence-corrected chi connectivity index (χ4v) is 0.881. The van der Waals surface area contributed by atoms with Crippen molar-refractivity contribution in [3.05, 3.63) is 20.2 Å². The van der Waals surface area contributed by atoms with Gasteiger partial charge in [-0.3, -0.25) is 0 Å². The lowest BCUT2D eigenvalue weighted by molar-refractivity contribution is -0.757. The number of rotatable bonds is 12. The fourth-order valence-electron chi connectivity index (χ4n) is 0.881. The van der Waals surface area contributed by atoms with Crippen LogP contribution in [0.4, 0.5) is 0 Å². The van der Waals surface area contributed by atoms with Crippen LogP contribution in [-0.2, 0) is 23.9 Å². The zero-order valence-electron chi connectivity index (χ0n) is 10.0. The Kier molecular flexibility index (Phi) is 9.70. The average molecular weight is 282 g/mol. The second kappa shape index (κ2) is 11.0. The molecule has 0 N–H and O–H groups in total. The van der Waals surface area contributed by atoms with Gasteiger partial charge >= 0.3 is 5.97 Å². The molecule has 19 heavy (non-hydrogen) atoms. The van der Waals surface area contributed by atoms with Gasteiger partial charge in [-0.15, -0.1) is 20.2 Å². The lowest BCUT2D eigenvalue weighted by Gasteiger charge is -2.05. The molecular weight excluding hydrogens is 268 g/mol. The SMILES string of the molecule is O=C(COCCCO[N+](=O)[O-])OCCCO[N+](=O)[O-]. The van der Waals surface area contributed by atoms with E-state index in [2.05, 4.69) is 14.4 Å². The Morgan fingerprint density at radius 2 is 1.42 bits per heavy atom. The molecule has 0 aromatic rings. The third kappa shape index (κ3) is 13.8. The van der Waals surface area contributed by atoms with Gasteiger partial charge in [-0.1, -0.05) is 0 Å². The van der Waals surface area contributed by atoms with Crippen molar-refractivity contribution in [3.8, 4) is 0 Å². The number of hydrogen-bond donors (Lipinski definition) is 0. The van der Waals surface area contributed by atoms with Crippen molar-refractivity contribution < 1.29 is 34.1 Å². The minimum absolute atomic E-state index is 0.0134. The van der Waals surface area contributed by atoms with E-state index in [9.17, 15) is 25.0 Å². The molecule has 0 amide bonds. The van der Waals surface area contributed by atoms with Crippen LogP contribution in [0.1, 0.15) is 12.8 Å². The Bertz CT molecular complexity index is 296. The largest absolute Gasteiger partial charge is 0.464 e. The summed E-state index contributed by atoms with van der Waals surface area (Å²) < 4.78 is 9.52. The molecule has 0 atom stereocenters. The molecule has 0 fully saturated rings. The zero-order valence-corrected chi connectivity index (χ0v) is 10.0. The molecule has 0 saturated heterocycles. The summed E-state index contributed by atoms with van der Waals surface area (Å²) in [6.45, 7) is -0.456.